The Morgan fingerprint density at radius 1 is 1.41 bits per heavy atom. The van der Waals surface area contributed by atoms with Crippen molar-refractivity contribution in [3.63, 3.8) is 0 Å². The van der Waals surface area contributed by atoms with Gasteiger partial charge in [0.1, 0.15) is 0 Å². The number of nitrogens with zero attached hydrogens (tertiary/aromatic N) is 6. The molecule has 86 valence electrons. The van der Waals surface area contributed by atoms with E-state index in [-0.39, 0.29) is 11.8 Å². The van der Waals surface area contributed by atoms with Crippen LogP contribution in [-0.4, -0.2) is 34.9 Å². The molecule has 0 atom stereocenters. The molecule has 0 saturated heterocycles. The van der Waals surface area contributed by atoms with E-state index in [1.165, 1.54) is 0 Å². The Hall–Kier alpha value is -2.71. The zero-order valence-electron chi connectivity index (χ0n) is 8.82. The number of imidazole rings is 1. The van der Waals surface area contributed by atoms with Crippen molar-refractivity contribution in [3.05, 3.63) is 12.4 Å². The number of hydrogen-bond donors (Lipinski definition) is 2. The van der Waals surface area contributed by atoms with Crippen molar-refractivity contribution in [1.29, 1.82) is 0 Å². The maximum atomic E-state index is 5.38. The van der Waals surface area contributed by atoms with Gasteiger partial charge in [0.25, 0.3) is 5.89 Å². The smallest absolute Gasteiger partial charge is 0.295 e. The van der Waals surface area contributed by atoms with Crippen LogP contribution in [0.15, 0.2) is 16.9 Å². The minimum atomic E-state index is 0.122. The highest BCUT2D eigenvalue weighted by Crippen LogP contribution is 2.17. The van der Waals surface area contributed by atoms with Crippen molar-refractivity contribution < 1.29 is 4.52 Å². The third-order valence-corrected chi connectivity index (χ3v) is 2.15. The van der Waals surface area contributed by atoms with E-state index < -0.39 is 0 Å². The molecule has 3 heterocycles. The van der Waals surface area contributed by atoms with E-state index >= 15 is 0 Å². The predicted octanol–water partition coefficient (Wildman–Crippen LogP) is -0.163. The van der Waals surface area contributed by atoms with Crippen LogP contribution in [-0.2, 0) is 7.05 Å². The third-order valence-electron chi connectivity index (χ3n) is 2.15. The number of rotatable bonds is 2. The molecule has 9 nitrogen and oxygen atoms in total. The number of hydrogen-bond acceptors (Lipinski definition) is 7. The van der Waals surface area contributed by atoms with Crippen molar-refractivity contribution in [2.24, 2.45) is 7.05 Å². The van der Waals surface area contributed by atoms with Gasteiger partial charge in [-0.25, -0.2) is 4.98 Å². The van der Waals surface area contributed by atoms with Gasteiger partial charge >= 0.3 is 0 Å². The summed E-state index contributed by atoms with van der Waals surface area (Å²) in [4.78, 5) is 12.1. The quantitative estimate of drug-likeness (QED) is 0.628. The number of aryl methyl sites for hydroxylation is 1. The minimum absolute atomic E-state index is 0.122. The van der Waals surface area contributed by atoms with Gasteiger partial charge in [-0.3, -0.25) is 5.10 Å². The largest absolute Gasteiger partial charge is 0.366 e. The van der Waals surface area contributed by atoms with Gasteiger partial charge in [0.15, 0.2) is 5.82 Å². The summed E-state index contributed by atoms with van der Waals surface area (Å²) in [5, 5.41) is 10.1. The maximum Gasteiger partial charge on any atom is 0.295 e. The van der Waals surface area contributed by atoms with Crippen LogP contribution in [0.1, 0.15) is 0 Å². The molecule has 3 rings (SSSR count). The van der Waals surface area contributed by atoms with Crippen LogP contribution in [0.4, 0.5) is 5.95 Å². The molecule has 0 aromatic carbocycles. The van der Waals surface area contributed by atoms with Crippen molar-refractivity contribution in [2.75, 3.05) is 5.73 Å². The van der Waals surface area contributed by atoms with E-state index in [0.717, 1.165) is 0 Å². The van der Waals surface area contributed by atoms with Gasteiger partial charge in [-0.15, -0.1) is 5.10 Å². The van der Waals surface area contributed by atoms with Crippen molar-refractivity contribution in [2.45, 2.75) is 0 Å². The van der Waals surface area contributed by atoms with E-state index in [9.17, 15) is 0 Å². The van der Waals surface area contributed by atoms with Gasteiger partial charge in [0.2, 0.25) is 17.6 Å². The minimum Gasteiger partial charge on any atom is -0.366 e. The normalized spacial score (nSPS) is 10.9. The Morgan fingerprint density at radius 2 is 2.29 bits per heavy atom. The van der Waals surface area contributed by atoms with Crippen LogP contribution in [0.2, 0.25) is 0 Å². The standard InChI is InChI=1S/C8H8N8O/c1-16-3-2-10-6(16)4-11-7(17-15-4)5-12-8(9)14-13-5/h2-3H,1H3,(H3,9,12,13,14). The van der Waals surface area contributed by atoms with Crippen LogP contribution in [0, 0.1) is 0 Å². The molecular formula is C8H8N8O. The molecule has 9 heteroatoms. The molecule has 0 aliphatic rings. The molecular weight excluding hydrogens is 224 g/mol. The molecule has 0 aliphatic heterocycles. The van der Waals surface area contributed by atoms with E-state index in [2.05, 4.69) is 30.3 Å². The third kappa shape index (κ3) is 1.53. The molecule has 0 radical (unpaired) electrons. The highest BCUT2D eigenvalue weighted by molar-refractivity contribution is 5.49. The Labute approximate surface area is 94.7 Å². The summed E-state index contributed by atoms with van der Waals surface area (Å²) in [5.74, 6) is 1.65. The number of anilines is 1. The molecule has 0 amide bonds. The summed E-state index contributed by atoms with van der Waals surface area (Å²) < 4.78 is 6.82. The molecule has 3 aromatic rings. The molecule has 0 fully saturated rings. The number of aromatic amines is 1. The van der Waals surface area contributed by atoms with Crippen LogP contribution < -0.4 is 5.73 Å². The fourth-order valence-corrected chi connectivity index (χ4v) is 1.36. The second-order valence-electron chi connectivity index (χ2n) is 3.33. The summed E-state index contributed by atoms with van der Waals surface area (Å²) in [5.41, 5.74) is 5.38. The van der Waals surface area contributed by atoms with E-state index in [0.29, 0.717) is 17.5 Å². The highest BCUT2D eigenvalue weighted by Gasteiger charge is 2.16. The number of nitrogen functional groups attached to an aromatic ring is 1. The lowest BCUT2D eigenvalue weighted by Crippen LogP contribution is -1.92. The SMILES string of the molecule is Cn1ccnc1-c1noc(-c2nc(N)n[nH]2)n1. The molecule has 0 unspecified atom stereocenters. The molecule has 0 saturated carbocycles. The summed E-state index contributed by atoms with van der Waals surface area (Å²) in [6.07, 6.45) is 3.44. The van der Waals surface area contributed by atoms with Gasteiger partial charge < -0.3 is 14.8 Å². The zero-order valence-corrected chi connectivity index (χ0v) is 8.82. The summed E-state index contributed by atoms with van der Waals surface area (Å²) >= 11 is 0. The first-order chi connectivity index (χ1) is 8.24. The Morgan fingerprint density at radius 3 is 2.94 bits per heavy atom. The Bertz CT molecular complexity index is 650. The van der Waals surface area contributed by atoms with Crippen LogP contribution in [0.5, 0.6) is 0 Å². The maximum absolute atomic E-state index is 5.38. The highest BCUT2D eigenvalue weighted by atomic mass is 16.5. The van der Waals surface area contributed by atoms with Crippen molar-refractivity contribution >= 4 is 5.95 Å². The Kier molecular flexibility index (Phi) is 1.90. The lowest BCUT2D eigenvalue weighted by Gasteiger charge is -1.92. The molecule has 3 aromatic heterocycles. The molecule has 3 N–H and O–H groups in total. The molecule has 0 aliphatic carbocycles. The first-order valence-corrected chi connectivity index (χ1v) is 4.73. The zero-order chi connectivity index (χ0) is 11.8. The second kappa shape index (κ2) is 3.40. The summed E-state index contributed by atoms with van der Waals surface area (Å²) in [6.45, 7) is 0. The van der Waals surface area contributed by atoms with E-state index in [1.807, 2.05) is 7.05 Å². The van der Waals surface area contributed by atoms with E-state index in [1.54, 1.807) is 17.0 Å². The van der Waals surface area contributed by atoms with Crippen LogP contribution in [0.25, 0.3) is 23.4 Å². The number of aromatic nitrogens is 7. The summed E-state index contributed by atoms with van der Waals surface area (Å²) in [7, 11) is 1.84. The van der Waals surface area contributed by atoms with Gasteiger partial charge in [-0.2, -0.15) is 9.97 Å². The van der Waals surface area contributed by atoms with Crippen molar-refractivity contribution in [1.82, 2.24) is 34.9 Å². The first-order valence-electron chi connectivity index (χ1n) is 4.73. The number of nitrogens with one attached hydrogen (secondary N) is 1. The lowest BCUT2D eigenvalue weighted by molar-refractivity contribution is 0.429. The first kappa shape index (κ1) is 9.51. The van der Waals surface area contributed by atoms with Gasteiger partial charge in [0, 0.05) is 19.4 Å². The van der Waals surface area contributed by atoms with Crippen LogP contribution >= 0.6 is 0 Å². The number of nitrogens with two attached hydrogens (primary N) is 1. The van der Waals surface area contributed by atoms with Crippen molar-refractivity contribution in [3.8, 4) is 23.4 Å². The van der Waals surface area contributed by atoms with Gasteiger partial charge in [-0.1, -0.05) is 5.16 Å². The van der Waals surface area contributed by atoms with Gasteiger partial charge in [0.05, 0.1) is 0 Å². The second-order valence-corrected chi connectivity index (χ2v) is 3.33. The summed E-state index contributed by atoms with van der Waals surface area (Å²) in [6, 6.07) is 0. The van der Waals surface area contributed by atoms with E-state index in [4.69, 9.17) is 10.3 Å². The van der Waals surface area contributed by atoms with Gasteiger partial charge in [-0.05, 0) is 0 Å². The fourth-order valence-electron chi connectivity index (χ4n) is 1.36. The molecule has 17 heavy (non-hydrogen) atoms. The topological polar surface area (TPSA) is 124 Å². The number of H-pyrrole nitrogens is 1. The lowest BCUT2D eigenvalue weighted by atomic mass is 10.5. The predicted molar refractivity (Wildman–Crippen MR) is 56.3 cm³/mol. The monoisotopic (exact) mass is 232 g/mol. The van der Waals surface area contributed by atoms with Crippen LogP contribution in [0.3, 0.4) is 0 Å². The average Bonchev–Trinajstić information content (AvgIpc) is 2.97. The fraction of sp³-hybridized carbons (Fsp3) is 0.125. The molecule has 0 bridgehead atoms. The average molecular weight is 232 g/mol. The molecule has 0 spiro atoms. The Balaban J connectivity index is 2.01.